The second-order valence-electron chi connectivity index (χ2n) is 6.44. The average molecular weight is 347 g/mol. The molecule has 1 aromatic carbocycles. The number of hydrogen-bond donors (Lipinski definition) is 2. The van der Waals surface area contributed by atoms with Gasteiger partial charge in [0.2, 0.25) is 5.95 Å². The molecule has 1 atom stereocenters. The predicted octanol–water partition coefficient (Wildman–Crippen LogP) is 4.67. The van der Waals surface area contributed by atoms with Gasteiger partial charge in [0.05, 0.1) is 5.69 Å². The van der Waals surface area contributed by atoms with Crippen molar-refractivity contribution < 1.29 is 0 Å². The molecule has 2 aromatic heterocycles. The largest absolute Gasteiger partial charge is 0.366 e. The van der Waals surface area contributed by atoms with Crippen molar-refractivity contribution in [2.24, 2.45) is 0 Å². The van der Waals surface area contributed by atoms with Gasteiger partial charge >= 0.3 is 0 Å². The van der Waals surface area contributed by atoms with Gasteiger partial charge in [-0.05, 0) is 43.5 Å². The van der Waals surface area contributed by atoms with Crippen LogP contribution in [0.25, 0.3) is 11.3 Å². The summed E-state index contributed by atoms with van der Waals surface area (Å²) in [7, 11) is 0. The molecule has 2 N–H and O–H groups in total. The van der Waals surface area contributed by atoms with Crippen LogP contribution in [0.15, 0.2) is 54.9 Å². The Labute approximate surface area is 154 Å². The third-order valence-electron chi connectivity index (χ3n) is 4.39. The number of anilines is 2. The summed E-state index contributed by atoms with van der Waals surface area (Å²) in [5.74, 6) is 1.43. The number of nitrogens with one attached hydrogen (secondary N) is 2. The molecule has 134 valence electrons. The second kappa shape index (κ2) is 8.43. The van der Waals surface area contributed by atoms with Crippen LogP contribution in [0.1, 0.15) is 31.4 Å². The molecule has 0 amide bonds. The molecule has 0 fully saturated rings. The molecule has 26 heavy (non-hydrogen) atoms. The first kappa shape index (κ1) is 17.9. The van der Waals surface area contributed by atoms with Crippen molar-refractivity contribution in [3.8, 4) is 11.3 Å². The van der Waals surface area contributed by atoms with Crippen LogP contribution >= 0.6 is 0 Å². The first-order chi connectivity index (χ1) is 12.7. The molecular weight excluding hydrogens is 322 g/mol. The second-order valence-corrected chi connectivity index (χ2v) is 6.44. The molecule has 3 aromatic rings. The highest BCUT2D eigenvalue weighted by atomic mass is 15.2. The van der Waals surface area contributed by atoms with Crippen molar-refractivity contribution >= 4 is 11.8 Å². The van der Waals surface area contributed by atoms with Crippen molar-refractivity contribution in [3.05, 3.63) is 66.0 Å². The van der Waals surface area contributed by atoms with E-state index in [1.165, 1.54) is 11.1 Å². The summed E-state index contributed by atoms with van der Waals surface area (Å²) in [5, 5.41) is 6.80. The van der Waals surface area contributed by atoms with E-state index in [1.807, 2.05) is 24.4 Å². The zero-order chi connectivity index (χ0) is 18.4. The zero-order valence-electron chi connectivity index (χ0n) is 15.5. The van der Waals surface area contributed by atoms with E-state index in [0.29, 0.717) is 12.0 Å². The van der Waals surface area contributed by atoms with E-state index in [2.05, 4.69) is 70.6 Å². The summed E-state index contributed by atoms with van der Waals surface area (Å²) < 4.78 is 0. The smallest absolute Gasteiger partial charge is 0.225 e. The summed E-state index contributed by atoms with van der Waals surface area (Å²) in [4.78, 5) is 13.5. The predicted molar refractivity (Wildman–Crippen MR) is 107 cm³/mol. The Balaban J connectivity index is 1.88. The Morgan fingerprint density at radius 1 is 1.08 bits per heavy atom. The van der Waals surface area contributed by atoms with Crippen LogP contribution in [-0.4, -0.2) is 21.0 Å². The summed E-state index contributed by atoms with van der Waals surface area (Å²) in [6.45, 7) is 7.10. The van der Waals surface area contributed by atoms with E-state index in [0.717, 1.165) is 30.0 Å². The van der Waals surface area contributed by atoms with Crippen LogP contribution < -0.4 is 10.6 Å². The molecular formula is C21H25N5. The lowest BCUT2D eigenvalue weighted by molar-refractivity contribution is 0.753. The van der Waals surface area contributed by atoms with Crippen molar-refractivity contribution in [2.75, 3.05) is 10.6 Å². The Hall–Kier alpha value is -2.95. The van der Waals surface area contributed by atoms with E-state index < -0.39 is 0 Å². The summed E-state index contributed by atoms with van der Waals surface area (Å²) in [6, 6.07) is 14.6. The van der Waals surface area contributed by atoms with E-state index in [4.69, 9.17) is 0 Å². The summed E-state index contributed by atoms with van der Waals surface area (Å²) in [5.41, 5.74) is 4.34. The molecule has 0 saturated heterocycles. The quantitative estimate of drug-likeness (QED) is 0.650. The number of nitrogens with zero attached hydrogens (tertiary/aromatic N) is 3. The van der Waals surface area contributed by atoms with Gasteiger partial charge in [-0.1, -0.05) is 31.2 Å². The number of pyridine rings is 1. The van der Waals surface area contributed by atoms with Gasteiger partial charge in [0.1, 0.15) is 5.82 Å². The highest BCUT2D eigenvalue weighted by Crippen LogP contribution is 2.22. The summed E-state index contributed by atoms with van der Waals surface area (Å²) in [6.07, 6.45) is 4.59. The highest BCUT2D eigenvalue weighted by Gasteiger charge is 2.09. The molecule has 0 aliphatic rings. The van der Waals surface area contributed by atoms with Crippen LogP contribution in [0, 0.1) is 6.92 Å². The number of aryl methyl sites for hydroxylation is 1. The van der Waals surface area contributed by atoms with Crippen LogP contribution in [0.4, 0.5) is 11.8 Å². The molecule has 0 bridgehead atoms. The maximum atomic E-state index is 4.66. The van der Waals surface area contributed by atoms with Gasteiger partial charge in [-0.3, -0.25) is 4.98 Å². The Morgan fingerprint density at radius 2 is 1.92 bits per heavy atom. The minimum absolute atomic E-state index is 0.309. The molecule has 0 saturated carbocycles. The number of aromatic nitrogens is 3. The first-order valence-corrected chi connectivity index (χ1v) is 9.00. The van der Waals surface area contributed by atoms with Gasteiger partial charge in [0, 0.05) is 36.6 Å². The van der Waals surface area contributed by atoms with Crippen LogP contribution in [-0.2, 0) is 6.54 Å². The maximum absolute atomic E-state index is 4.66. The molecule has 0 unspecified atom stereocenters. The fourth-order valence-corrected chi connectivity index (χ4v) is 2.58. The van der Waals surface area contributed by atoms with E-state index in [-0.39, 0.29) is 0 Å². The third kappa shape index (κ3) is 4.57. The lowest BCUT2D eigenvalue weighted by Crippen LogP contribution is -2.16. The van der Waals surface area contributed by atoms with Gasteiger partial charge in [-0.15, -0.1) is 0 Å². The van der Waals surface area contributed by atoms with Gasteiger partial charge in [-0.2, -0.15) is 4.98 Å². The lowest BCUT2D eigenvalue weighted by atomic mass is 10.1. The van der Waals surface area contributed by atoms with E-state index in [9.17, 15) is 0 Å². The highest BCUT2D eigenvalue weighted by molar-refractivity contribution is 5.63. The van der Waals surface area contributed by atoms with Crippen molar-refractivity contribution in [2.45, 2.75) is 39.8 Å². The van der Waals surface area contributed by atoms with Gasteiger partial charge in [0.15, 0.2) is 0 Å². The van der Waals surface area contributed by atoms with Gasteiger partial charge in [-0.25, -0.2) is 4.98 Å². The summed E-state index contributed by atoms with van der Waals surface area (Å²) >= 11 is 0. The molecule has 0 radical (unpaired) electrons. The number of benzene rings is 1. The topological polar surface area (TPSA) is 62.7 Å². The Kier molecular flexibility index (Phi) is 5.79. The average Bonchev–Trinajstić information content (AvgIpc) is 2.68. The Morgan fingerprint density at radius 3 is 2.65 bits per heavy atom. The van der Waals surface area contributed by atoms with Crippen molar-refractivity contribution in [1.82, 2.24) is 15.0 Å². The van der Waals surface area contributed by atoms with Crippen molar-refractivity contribution in [1.29, 1.82) is 0 Å². The van der Waals surface area contributed by atoms with Crippen LogP contribution in [0.3, 0.4) is 0 Å². The molecule has 2 heterocycles. The zero-order valence-corrected chi connectivity index (χ0v) is 15.5. The van der Waals surface area contributed by atoms with E-state index in [1.54, 1.807) is 6.20 Å². The monoisotopic (exact) mass is 347 g/mol. The minimum Gasteiger partial charge on any atom is -0.366 e. The van der Waals surface area contributed by atoms with Gasteiger partial charge < -0.3 is 10.6 Å². The standard InChI is InChI=1S/C21H25N5/c1-4-16(3)24-21-25-19(18-10-7-11-22-13-18)12-20(26-21)23-14-17-9-6-5-8-15(17)2/h5-13,16H,4,14H2,1-3H3,(H2,23,24,25,26)/t16-/m1/s1. The number of hydrogen-bond acceptors (Lipinski definition) is 5. The van der Waals surface area contributed by atoms with Crippen LogP contribution in [0.5, 0.6) is 0 Å². The molecule has 0 aliphatic heterocycles. The maximum Gasteiger partial charge on any atom is 0.225 e. The molecule has 5 nitrogen and oxygen atoms in total. The Bertz CT molecular complexity index is 848. The minimum atomic E-state index is 0.309. The van der Waals surface area contributed by atoms with Crippen LogP contribution in [0.2, 0.25) is 0 Å². The normalized spacial score (nSPS) is 11.8. The lowest BCUT2D eigenvalue weighted by Gasteiger charge is -2.15. The molecule has 0 aliphatic carbocycles. The fraction of sp³-hybridized carbons (Fsp3) is 0.286. The molecule has 5 heteroatoms. The van der Waals surface area contributed by atoms with Gasteiger partial charge in [0.25, 0.3) is 0 Å². The third-order valence-corrected chi connectivity index (χ3v) is 4.39. The van der Waals surface area contributed by atoms with Crippen molar-refractivity contribution in [3.63, 3.8) is 0 Å². The fourth-order valence-electron chi connectivity index (χ4n) is 2.58. The first-order valence-electron chi connectivity index (χ1n) is 9.00. The SMILES string of the molecule is CC[C@@H](C)Nc1nc(NCc2ccccc2C)cc(-c2cccnc2)n1. The molecule has 3 rings (SSSR count). The molecule has 0 spiro atoms. The number of rotatable bonds is 7. The van der Waals surface area contributed by atoms with E-state index >= 15 is 0 Å².